The third kappa shape index (κ3) is 4.15. The summed E-state index contributed by atoms with van der Waals surface area (Å²) in [6.07, 6.45) is 4.33. The lowest BCUT2D eigenvalue weighted by molar-refractivity contribution is -0.115. The number of ketones is 1. The zero-order valence-electron chi connectivity index (χ0n) is 9.94. The van der Waals surface area contributed by atoms with Gasteiger partial charge in [-0.1, -0.05) is 24.8 Å². The van der Waals surface area contributed by atoms with E-state index in [1.807, 2.05) is 19.1 Å². The van der Waals surface area contributed by atoms with Crippen LogP contribution < -0.4 is 5.32 Å². The Morgan fingerprint density at radius 1 is 1.41 bits per heavy atom. The topological polar surface area (TPSA) is 49.3 Å². The number of carbonyl (C=O) groups is 1. The maximum atomic E-state index is 11.8. The Hall–Kier alpha value is -2.03. The lowest BCUT2D eigenvalue weighted by atomic mass is 10.1. The number of benzene rings is 1. The van der Waals surface area contributed by atoms with Gasteiger partial charge in [-0.2, -0.15) is 0 Å². The van der Waals surface area contributed by atoms with Gasteiger partial charge >= 0.3 is 0 Å². The molecule has 3 heteroatoms. The fourth-order valence-electron chi connectivity index (χ4n) is 1.49. The molecule has 0 aromatic heterocycles. The molecule has 0 amide bonds. The van der Waals surface area contributed by atoms with Crippen molar-refractivity contribution < 1.29 is 9.90 Å². The molecule has 0 spiro atoms. The van der Waals surface area contributed by atoms with Gasteiger partial charge in [0.15, 0.2) is 5.78 Å². The zero-order chi connectivity index (χ0) is 12.7. The molecule has 0 aliphatic heterocycles. The van der Waals surface area contributed by atoms with Crippen molar-refractivity contribution in [2.75, 3.05) is 0 Å². The van der Waals surface area contributed by atoms with Gasteiger partial charge in [0.2, 0.25) is 0 Å². The maximum absolute atomic E-state index is 11.8. The molecule has 1 aromatic rings. The fourth-order valence-corrected chi connectivity index (χ4v) is 1.49. The summed E-state index contributed by atoms with van der Waals surface area (Å²) in [4.78, 5) is 11.8. The predicted molar refractivity (Wildman–Crippen MR) is 68.5 cm³/mol. The highest BCUT2D eigenvalue weighted by atomic mass is 16.3. The highest BCUT2D eigenvalue weighted by Crippen LogP contribution is 2.12. The lowest BCUT2D eigenvalue weighted by Crippen LogP contribution is -2.15. The summed E-state index contributed by atoms with van der Waals surface area (Å²) in [6, 6.07) is 6.88. The molecule has 0 radical (unpaired) electrons. The summed E-state index contributed by atoms with van der Waals surface area (Å²) >= 11 is 0. The summed E-state index contributed by atoms with van der Waals surface area (Å²) in [5.74, 6) is 0.294. The van der Waals surface area contributed by atoms with Crippen LogP contribution in [0.2, 0.25) is 0 Å². The molecule has 0 heterocycles. The number of nitrogens with one attached hydrogen (secondary N) is 1. The van der Waals surface area contributed by atoms with Crippen LogP contribution in [-0.2, 0) is 11.2 Å². The van der Waals surface area contributed by atoms with E-state index in [2.05, 4.69) is 11.9 Å². The van der Waals surface area contributed by atoms with E-state index in [4.69, 9.17) is 5.11 Å². The second-order valence-electron chi connectivity index (χ2n) is 3.64. The second-order valence-corrected chi connectivity index (χ2v) is 3.64. The van der Waals surface area contributed by atoms with Crippen molar-refractivity contribution in [2.24, 2.45) is 0 Å². The molecular weight excluding hydrogens is 214 g/mol. The monoisotopic (exact) mass is 231 g/mol. The number of hydrogen-bond acceptors (Lipinski definition) is 3. The van der Waals surface area contributed by atoms with Crippen LogP contribution in [0.3, 0.4) is 0 Å². The number of carbonyl (C=O) groups excluding carboxylic acids is 1. The molecule has 3 nitrogen and oxygen atoms in total. The number of allylic oxidation sites excluding steroid dienone is 2. The zero-order valence-corrected chi connectivity index (χ0v) is 9.94. The van der Waals surface area contributed by atoms with Gasteiger partial charge < -0.3 is 10.4 Å². The summed E-state index contributed by atoms with van der Waals surface area (Å²) in [6.45, 7) is 5.34. The number of rotatable bonds is 6. The second kappa shape index (κ2) is 6.53. The van der Waals surface area contributed by atoms with E-state index in [1.165, 1.54) is 6.20 Å². The minimum atomic E-state index is 0.0560. The number of aromatic hydroxyl groups is 1. The van der Waals surface area contributed by atoms with Gasteiger partial charge in [-0.15, -0.1) is 0 Å². The number of phenolic OH excluding ortho intramolecular Hbond substituents is 1. The Kier molecular flexibility index (Phi) is 5.01. The predicted octanol–water partition coefficient (Wildman–Crippen LogP) is 2.53. The van der Waals surface area contributed by atoms with Crippen LogP contribution in [0.25, 0.3) is 0 Å². The quantitative estimate of drug-likeness (QED) is 0.740. The Balaban J connectivity index is 2.53. The summed E-state index contributed by atoms with van der Waals surface area (Å²) in [5.41, 5.74) is 1.60. The van der Waals surface area contributed by atoms with Gasteiger partial charge in [0.25, 0.3) is 0 Å². The number of phenols is 1. The van der Waals surface area contributed by atoms with Gasteiger partial charge in [-0.05, 0) is 37.2 Å². The number of hydrogen-bond donors (Lipinski definition) is 2. The minimum Gasteiger partial charge on any atom is -0.508 e. The van der Waals surface area contributed by atoms with Crippen molar-refractivity contribution in [3.63, 3.8) is 0 Å². The van der Waals surface area contributed by atoms with Crippen LogP contribution in [0.1, 0.15) is 18.9 Å². The van der Waals surface area contributed by atoms with E-state index in [9.17, 15) is 4.79 Å². The molecule has 17 heavy (non-hydrogen) atoms. The largest absolute Gasteiger partial charge is 0.508 e. The molecule has 90 valence electrons. The van der Waals surface area contributed by atoms with Gasteiger partial charge in [0.05, 0.1) is 5.70 Å². The average molecular weight is 231 g/mol. The highest BCUT2D eigenvalue weighted by Gasteiger charge is 2.07. The van der Waals surface area contributed by atoms with Crippen molar-refractivity contribution in [1.29, 1.82) is 0 Å². The normalized spacial score (nSPS) is 11.0. The fraction of sp³-hybridized carbons (Fsp3) is 0.214. The van der Waals surface area contributed by atoms with Crippen LogP contribution in [0, 0.1) is 0 Å². The molecule has 0 unspecified atom stereocenters. The molecule has 0 atom stereocenters. The van der Waals surface area contributed by atoms with E-state index in [0.29, 0.717) is 18.5 Å². The van der Waals surface area contributed by atoms with Gasteiger partial charge in [-0.25, -0.2) is 0 Å². The molecule has 1 rings (SSSR count). The molecule has 0 bridgehead atoms. The highest BCUT2D eigenvalue weighted by molar-refractivity contribution is 5.94. The first-order valence-electron chi connectivity index (χ1n) is 5.52. The van der Waals surface area contributed by atoms with Crippen LogP contribution >= 0.6 is 0 Å². The Labute approximate surface area is 101 Å². The molecule has 0 saturated carbocycles. The molecule has 0 saturated heterocycles. The van der Waals surface area contributed by atoms with Crippen molar-refractivity contribution >= 4 is 5.78 Å². The average Bonchev–Trinajstić information content (AvgIpc) is 2.35. The number of Topliss-reactive ketones (excluding diaryl/α,β-unsaturated/α-hetero) is 1. The van der Waals surface area contributed by atoms with Crippen LogP contribution in [0.5, 0.6) is 5.75 Å². The van der Waals surface area contributed by atoms with Crippen LogP contribution in [0.4, 0.5) is 0 Å². The summed E-state index contributed by atoms with van der Waals surface area (Å²) < 4.78 is 0. The van der Waals surface area contributed by atoms with Crippen LogP contribution in [0.15, 0.2) is 48.8 Å². The molecule has 0 fully saturated rings. The smallest absolute Gasteiger partial charge is 0.178 e. The molecule has 0 aliphatic rings. The first-order chi connectivity index (χ1) is 8.17. The van der Waals surface area contributed by atoms with E-state index >= 15 is 0 Å². The number of aryl methyl sites for hydroxylation is 1. The minimum absolute atomic E-state index is 0.0560. The van der Waals surface area contributed by atoms with E-state index < -0.39 is 0 Å². The van der Waals surface area contributed by atoms with E-state index in [1.54, 1.807) is 18.2 Å². The van der Waals surface area contributed by atoms with Gasteiger partial charge in [-0.3, -0.25) is 4.79 Å². The van der Waals surface area contributed by atoms with Crippen molar-refractivity contribution in [3.8, 4) is 5.75 Å². The lowest BCUT2D eigenvalue weighted by Gasteiger charge is -2.05. The molecule has 0 aliphatic carbocycles. The standard InChI is InChI=1S/C14H17NO2/c1-3-13(15-4-2)14(17)10-7-11-5-8-12(16)9-6-11/h3-6,8-9,15-16H,2,7,10H2,1H3/b13-3-. The third-order valence-corrected chi connectivity index (χ3v) is 2.42. The van der Waals surface area contributed by atoms with E-state index in [-0.39, 0.29) is 11.5 Å². The first kappa shape index (κ1) is 13.0. The van der Waals surface area contributed by atoms with Crippen molar-refractivity contribution in [3.05, 3.63) is 54.4 Å². The molecule has 1 aromatic carbocycles. The molecular formula is C14H17NO2. The van der Waals surface area contributed by atoms with Gasteiger partial charge in [0, 0.05) is 6.42 Å². The van der Waals surface area contributed by atoms with Crippen molar-refractivity contribution in [1.82, 2.24) is 5.32 Å². The molecule has 2 N–H and O–H groups in total. The SMILES string of the molecule is C=CN/C(=C\C)C(=O)CCc1ccc(O)cc1. The Morgan fingerprint density at radius 2 is 2.06 bits per heavy atom. The summed E-state index contributed by atoms with van der Waals surface area (Å²) in [7, 11) is 0. The van der Waals surface area contributed by atoms with Crippen molar-refractivity contribution in [2.45, 2.75) is 19.8 Å². The third-order valence-electron chi connectivity index (χ3n) is 2.42. The van der Waals surface area contributed by atoms with E-state index in [0.717, 1.165) is 5.56 Å². The maximum Gasteiger partial charge on any atom is 0.178 e. The Morgan fingerprint density at radius 3 is 2.59 bits per heavy atom. The van der Waals surface area contributed by atoms with Gasteiger partial charge in [0.1, 0.15) is 5.75 Å². The van der Waals surface area contributed by atoms with Crippen LogP contribution in [-0.4, -0.2) is 10.9 Å². The Bertz CT molecular complexity index is 418. The summed E-state index contributed by atoms with van der Waals surface area (Å²) in [5, 5.41) is 11.9. The first-order valence-corrected chi connectivity index (χ1v) is 5.52.